The summed E-state index contributed by atoms with van der Waals surface area (Å²) in [7, 11) is -0.825. The standard InChI is InChI=1S/C5H8Cl2OS/c6-4-1-2-9(8)5(7)3-4/h4-5H,1-3H2. The van der Waals surface area contributed by atoms with E-state index < -0.39 is 10.8 Å². The van der Waals surface area contributed by atoms with Gasteiger partial charge in [-0.2, -0.15) is 0 Å². The number of hydrogen-bond donors (Lipinski definition) is 0. The van der Waals surface area contributed by atoms with Crippen molar-refractivity contribution in [2.24, 2.45) is 0 Å². The van der Waals surface area contributed by atoms with Crippen LogP contribution in [0.15, 0.2) is 0 Å². The van der Waals surface area contributed by atoms with Crippen molar-refractivity contribution >= 4 is 34.0 Å². The van der Waals surface area contributed by atoms with Gasteiger partial charge >= 0.3 is 0 Å². The molecule has 1 fully saturated rings. The molecule has 1 saturated heterocycles. The normalized spacial score (nSPS) is 44.9. The summed E-state index contributed by atoms with van der Waals surface area (Å²) in [6.45, 7) is 0. The quantitative estimate of drug-likeness (QED) is 0.527. The topological polar surface area (TPSA) is 17.1 Å². The summed E-state index contributed by atoms with van der Waals surface area (Å²) in [4.78, 5) is 0. The van der Waals surface area contributed by atoms with Crippen LogP contribution in [0, 0.1) is 0 Å². The van der Waals surface area contributed by atoms with E-state index in [-0.39, 0.29) is 10.1 Å². The van der Waals surface area contributed by atoms with E-state index >= 15 is 0 Å². The summed E-state index contributed by atoms with van der Waals surface area (Å²) in [5, 5.41) is 0.144. The molecule has 1 aliphatic heterocycles. The zero-order valence-corrected chi connectivity index (χ0v) is 7.18. The Morgan fingerprint density at radius 3 is 2.56 bits per heavy atom. The first-order valence-corrected chi connectivity index (χ1v) is 5.11. The molecule has 0 radical (unpaired) electrons. The van der Waals surface area contributed by atoms with E-state index in [2.05, 4.69) is 0 Å². The van der Waals surface area contributed by atoms with Crippen LogP contribution >= 0.6 is 23.2 Å². The molecule has 54 valence electrons. The zero-order valence-electron chi connectivity index (χ0n) is 4.85. The van der Waals surface area contributed by atoms with Gasteiger partial charge in [0.1, 0.15) is 4.71 Å². The van der Waals surface area contributed by atoms with Gasteiger partial charge in [0.25, 0.3) is 0 Å². The van der Waals surface area contributed by atoms with Gasteiger partial charge in [0.2, 0.25) is 0 Å². The van der Waals surface area contributed by atoms with Crippen molar-refractivity contribution in [3.63, 3.8) is 0 Å². The molecule has 0 saturated carbocycles. The van der Waals surface area contributed by atoms with Crippen LogP contribution < -0.4 is 0 Å². The van der Waals surface area contributed by atoms with E-state index in [4.69, 9.17) is 23.2 Å². The fourth-order valence-corrected chi connectivity index (χ4v) is 3.11. The first kappa shape index (κ1) is 7.83. The van der Waals surface area contributed by atoms with Gasteiger partial charge in [0, 0.05) is 21.9 Å². The Morgan fingerprint density at radius 1 is 1.44 bits per heavy atom. The monoisotopic (exact) mass is 186 g/mol. The van der Waals surface area contributed by atoms with Gasteiger partial charge in [-0.05, 0) is 12.8 Å². The highest BCUT2D eigenvalue weighted by atomic mass is 35.5. The molecule has 9 heavy (non-hydrogen) atoms. The van der Waals surface area contributed by atoms with E-state index in [0.29, 0.717) is 12.2 Å². The minimum Gasteiger partial charge on any atom is -0.258 e. The second kappa shape index (κ2) is 3.22. The molecule has 1 aliphatic rings. The number of alkyl halides is 2. The summed E-state index contributed by atoms with van der Waals surface area (Å²) < 4.78 is 10.7. The van der Waals surface area contributed by atoms with Crippen molar-refractivity contribution < 1.29 is 4.21 Å². The van der Waals surface area contributed by atoms with Crippen LogP contribution in [-0.4, -0.2) is 20.0 Å². The molecule has 0 aromatic rings. The highest BCUT2D eigenvalue weighted by molar-refractivity contribution is 7.87. The van der Waals surface area contributed by atoms with Crippen molar-refractivity contribution in [1.29, 1.82) is 0 Å². The Kier molecular flexibility index (Phi) is 2.80. The number of halogens is 2. The van der Waals surface area contributed by atoms with Crippen LogP contribution in [-0.2, 0) is 10.8 Å². The Morgan fingerprint density at radius 2 is 2.11 bits per heavy atom. The third-order valence-corrected chi connectivity index (χ3v) is 3.93. The molecule has 1 heterocycles. The SMILES string of the molecule is O=S1CCC(Cl)CC1Cl. The van der Waals surface area contributed by atoms with Crippen LogP contribution in [0.3, 0.4) is 0 Å². The van der Waals surface area contributed by atoms with Crippen LogP contribution in [0.4, 0.5) is 0 Å². The second-order valence-corrected chi connectivity index (χ2v) is 5.26. The second-order valence-electron chi connectivity index (χ2n) is 2.12. The Hall–Kier alpha value is 0.730. The third-order valence-electron chi connectivity index (χ3n) is 1.36. The van der Waals surface area contributed by atoms with E-state index in [1.165, 1.54) is 0 Å². The maximum atomic E-state index is 10.9. The molecule has 0 bridgehead atoms. The highest BCUT2D eigenvalue weighted by Crippen LogP contribution is 2.23. The molecule has 3 unspecified atom stereocenters. The summed E-state index contributed by atoms with van der Waals surface area (Å²) in [6.07, 6.45) is 1.53. The van der Waals surface area contributed by atoms with Crippen molar-refractivity contribution in [2.75, 3.05) is 5.75 Å². The fourth-order valence-electron chi connectivity index (χ4n) is 0.798. The van der Waals surface area contributed by atoms with Gasteiger partial charge in [0.05, 0.1) is 0 Å². The Labute approximate surface area is 67.2 Å². The fraction of sp³-hybridized carbons (Fsp3) is 1.00. The Bertz CT molecular complexity index is 128. The predicted molar refractivity (Wildman–Crippen MR) is 41.5 cm³/mol. The third kappa shape index (κ3) is 2.10. The van der Waals surface area contributed by atoms with Crippen LogP contribution in [0.25, 0.3) is 0 Å². The molecular weight excluding hydrogens is 179 g/mol. The van der Waals surface area contributed by atoms with Crippen molar-refractivity contribution in [2.45, 2.75) is 22.9 Å². The molecule has 0 aliphatic carbocycles. The highest BCUT2D eigenvalue weighted by Gasteiger charge is 2.23. The lowest BCUT2D eigenvalue weighted by Gasteiger charge is -2.19. The molecule has 1 nitrogen and oxygen atoms in total. The molecule has 0 spiro atoms. The minimum absolute atomic E-state index is 0.144. The van der Waals surface area contributed by atoms with Crippen molar-refractivity contribution in [3.05, 3.63) is 0 Å². The molecule has 3 atom stereocenters. The van der Waals surface area contributed by atoms with Crippen LogP contribution in [0.5, 0.6) is 0 Å². The molecule has 0 aromatic carbocycles. The van der Waals surface area contributed by atoms with Crippen molar-refractivity contribution in [3.8, 4) is 0 Å². The maximum Gasteiger partial charge on any atom is 0.110 e. The largest absolute Gasteiger partial charge is 0.258 e. The molecular formula is C5H8Cl2OS. The van der Waals surface area contributed by atoms with Crippen LogP contribution in [0.1, 0.15) is 12.8 Å². The van der Waals surface area contributed by atoms with E-state index in [1.54, 1.807) is 0 Å². The van der Waals surface area contributed by atoms with Crippen molar-refractivity contribution in [1.82, 2.24) is 0 Å². The van der Waals surface area contributed by atoms with Gasteiger partial charge in [-0.15, -0.1) is 23.2 Å². The van der Waals surface area contributed by atoms with E-state index in [1.807, 2.05) is 0 Å². The molecule has 0 N–H and O–H groups in total. The first-order valence-electron chi connectivity index (χ1n) is 2.85. The first-order chi connectivity index (χ1) is 4.20. The van der Waals surface area contributed by atoms with Crippen LogP contribution in [0.2, 0.25) is 0 Å². The predicted octanol–water partition coefficient (Wildman–Crippen LogP) is 1.70. The lowest BCUT2D eigenvalue weighted by atomic mass is 10.2. The lowest BCUT2D eigenvalue weighted by Crippen LogP contribution is -2.24. The number of rotatable bonds is 0. The van der Waals surface area contributed by atoms with Gasteiger partial charge in [0.15, 0.2) is 0 Å². The molecule has 4 heteroatoms. The zero-order chi connectivity index (χ0) is 6.85. The molecule has 1 rings (SSSR count). The Balaban J connectivity index is 2.44. The van der Waals surface area contributed by atoms with E-state index in [0.717, 1.165) is 6.42 Å². The molecule has 0 aromatic heterocycles. The average Bonchev–Trinajstić information content (AvgIpc) is 1.80. The smallest absolute Gasteiger partial charge is 0.110 e. The van der Waals surface area contributed by atoms with E-state index in [9.17, 15) is 4.21 Å². The lowest BCUT2D eigenvalue weighted by molar-refractivity contribution is 0.651. The number of hydrogen-bond acceptors (Lipinski definition) is 1. The summed E-state index contributed by atoms with van der Waals surface area (Å²) >= 11 is 11.4. The van der Waals surface area contributed by atoms with Gasteiger partial charge in [-0.3, -0.25) is 4.21 Å². The summed E-state index contributed by atoms with van der Waals surface area (Å²) in [5.74, 6) is 0.669. The summed E-state index contributed by atoms with van der Waals surface area (Å²) in [5.41, 5.74) is 0. The molecule has 0 amide bonds. The van der Waals surface area contributed by atoms with Gasteiger partial charge in [-0.1, -0.05) is 0 Å². The minimum atomic E-state index is -0.825. The maximum absolute atomic E-state index is 10.9. The average molecular weight is 187 g/mol. The van der Waals surface area contributed by atoms with Gasteiger partial charge < -0.3 is 0 Å². The summed E-state index contributed by atoms with van der Waals surface area (Å²) in [6, 6.07) is 0. The van der Waals surface area contributed by atoms with Gasteiger partial charge in [-0.25, -0.2) is 0 Å².